The molecule has 11 heteroatoms. The van der Waals surface area contributed by atoms with Crippen LogP contribution in [-0.2, 0) is 9.53 Å². The minimum absolute atomic E-state index is 0.108. The third kappa shape index (κ3) is 5.54. The van der Waals surface area contributed by atoms with Crippen molar-refractivity contribution in [3.8, 4) is 5.75 Å². The molecule has 8 nitrogen and oxygen atoms in total. The van der Waals surface area contributed by atoms with Gasteiger partial charge in [-0.2, -0.15) is 13.2 Å². The van der Waals surface area contributed by atoms with Gasteiger partial charge in [-0.05, 0) is 19.2 Å². The number of nitro benzene ring substituents is 1. The largest absolute Gasteiger partial charge is 0.513 e. The topological polar surface area (TPSA) is 108 Å². The summed E-state index contributed by atoms with van der Waals surface area (Å²) in [5.74, 6) is -2.20. The maximum atomic E-state index is 12.2. The number of benzene rings is 1. The molecular formula is C12H11F3N2O6. The molecule has 0 fully saturated rings. The van der Waals surface area contributed by atoms with E-state index in [1.165, 1.54) is 0 Å². The summed E-state index contributed by atoms with van der Waals surface area (Å²) in [6, 6.07) is 2.57. The highest BCUT2D eigenvalue weighted by molar-refractivity contribution is 5.89. The first kappa shape index (κ1) is 18.4. The second-order valence-electron chi connectivity index (χ2n) is 4.12. The van der Waals surface area contributed by atoms with E-state index in [0.29, 0.717) is 0 Å². The first-order valence-electron chi connectivity index (χ1n) is 6.02. The Hall–Kier alpha value is -2.69. The summed E-state index contributed by atoms with van der Waals surface area (Å²) in [5, 5.41) is 12.5. The number of non-ortho nitro benzene ring substituents is 1. The van der Waals surface area contributed by atoms with Crippen LogP contribution in [-0.4, -0.2) is 42.7 Å². The lowest BCUT2D eigenvalue weighted by molar-refractivity contribution is -0.384. The molecule has 1 aromatic rings. The predicted octanol–water partition coefficient (Wildman–Crippen LogP) is 1.83. The van der Waals surface area contributed by atoms with Crippen molar-refractivity contribution in [3.63, 3.8) is 0 Å². The first-order chi connectivity index (χ1) is 10.6. The van der Waals surface area contributed by atoms with Crippen molar-refractivity contribution >= 4 is 17.6 Å². The van der Waals surface area contributed by atoms with Gasteiger partial charge in [0.15, 0.2) is 0 Å². The number of ketones is 1. The minimum atomic E-state index is -5.07. The molecule has 0 aliphatic heterocycles. The highest BCUT2D eigenvalue weighted by atomic mass is 19.4. The molecule has 126 valence electrons. The molecule has 1 N–H and O–H groups in total. The van der Waals surface area contributed by atoms with E-state index in [9.17, 15) is 32.9 Å². The van der Waals surface area contributed by atoms with Gasteiger partial charge >= 0.3 is 12.3 Å². The van der Waals surface area contributed by atoms with E-state index in [0.717, 1.165) is 31.3 Å². The van der Waals surface area contributed by atoms with Crippen LogP contribution in [0.25, 0.3) is 0 Å². The van der Waals surface area contributed by atoms with Gasteiger partial charge < -0.3 is 14.8 Å². The van der Waals surface area contributed by atoms with Crippen LogP contribution in [0, 0.1) is 10.1 Å². The average Bonchev–Trinajstić information content (AvgIpc) is 2.47. The predicted molar refractivity (Wildman–Crippen MR) is 69.0 cm³/mol. The van der Waals surface area contributed by atoms with E-state index in [4.69, 9.17) is 0 Å². The Morgan fingerprint density at radius 1 is 1.30 bits per heavy atom. The zero-order chi connectivity index (χ0) is 17.6. The van der Waals surface area contributed by atoms with Crippen LogP contribution >= 0.6 is 0 Å². The number of ether oxygens (including phenoxy) is 2. The fourth-order valence-electron chi connectivity index (χ4n) is 1.40. The lowest BCUT2D eigenvalue weighted by atomic mass is 10.2. The second-order valence-corrected chi connectivity index (χ2v) is 4.12. The Labute approximate surface area is 127 Å². The molecule has 0 aliphatic carbocycles. The van der Waals surface area contributed by atoms with E-state index in [2.05, 4.69) is 14.8 Å². The van der Waals surface area contributed by atoms with Crippen molar-refractivity contribution in [1.29, 1.82) is 0 Å². The third-order valence-electron chi connectivity index (χ3n) is 2.56. The molecule has 0 amide bonds. The first-order valence-corrected chi connectivity index (χ1v) is 6.02. The molecule has 1 rings (SSSR count). The molecule has 0 spiro atoms. The Morgan fingerprint density at radius 3 is 2.30 bits per heavy atom. The zero-order valence-electron chi connectivity index (χ0n) is 11.6. The number of hydrogen-bond donors (Lipinski definition) is 1. The number of nitrogens with one attached hydrogen (secondary N) is 1. The van der Waals surface area contributed by atoms with Crippen LogP contribution in [0.4, 0.5) is 23.7 Å². The van der Waals surface area contributed by atoms with Crippen molar-refractivity contribution in [2.45, 2.75) is 12.2 Å². The normalized spacial score (nSPS) is 12.3. The third-order valence-corrected chi connectivity index (χ3v) is 2.56. The fraction of sp³-hybridized carbons (Fsp3) is 0.333. The molecular weight excluding hydrogens is 325 g/mol. The minimum Gasteiger partial charge on any atom is -0.432 e. The standard InChI is InChI=1S/C12H11F3N2O6/c1-16-9(10(18)12(13,14)15)6-22-11(19)23-8-4-2-7(3-5-8)17(20)21/h2-5,9,16H,6H2,1H3. The van der Waals surface area contributed by atoms with Gasteiger partial charge in [0.05, 0.1) is 4.92 Å². The van der Waals surface area contributed by atoms with E-state index >= 15 is 0 Å². The summed E-state index contributed by atoms with van der Waals surface area (Å²) in [6.07, 6.45) is -6.42. The van der Waals surface area contributed by atoms with E-state index < -0.39 is 35.7 Å². The number of halogens is 3. The maximum absolute atomic E-state index is 12.2. The van der Waals surface area contributed by atoms with Gasteiger partial charge in [0.25, 0.3) is 11.5 Å². The van der Waals surface area contributed by atoms with Gasteiger partial charge in [-0.25, -0.2) is 4.79 Å². The quantitative estimate of drug-likeness (QED) is 0.365. The molecule has 0 heterocycles. The van der Waals surface area contributed by atoms with Crippen LogP contribution in [0.3, 0.4) is 0 Å². The molecule has 0 saturated carbocycles. The fourth-order valence-corrected chi connectivity index (χ4v) is 1.40. The molecule has 0 aliphatic rings. The highest BCUT2D eigenvalue weighted by Crippen LogP contribution is 2.19. The summed E-state index contributed by atoms with van der Waals surface area (Å²) in [7, 11) is 1.10. The molecule has 1 unspecified atom stereocenters. The van der Waals surface area contributed by atoms with Gasteiger partial charge in [0, 0.05) is 12.1 Å². The molecule has 0 aromatic heterocycles. The number of Topliss-reactive ketones (excluding diaryl/α,β-unsaturated/α-hetero) is 1. The van der Waals surface area contributed by atoms with Crippen LogP contribution in [0.5, 0.6) is 5.75 Å². The maximum Gasteiger partial charge on any atom is 0.513 e. The summed E-state index contributed by atoms with van der Waals surface area (Å²) in [4.78, 5) is 32.1. The van der Waals surface area contributed by atoms with Crippen LogP contribution < -0.4 is 10.1 Å². The van der Waals surface area contributed by atoms with Crippen molar-refractivity contribution in [2.24, 2.45) is 0 Å². The van der Waals surface area contributed by atoms with Gasteiger partial charge in [-0.3, -0.25) is 14.9 Å². The van der Waals surface area contributed by atoms with Gasteiger partial charge in [0.2, 0.25) is 0 Å². The van der Waals surface area contributed by atoms with E-state index in [-0.39, 0.29) is 11.4 Å². The van der Waals surface area contributed by atoms with Crippen molar-refractivity contribution in [1.82, 2.24) is 5.32 Å². The second kappa shape index (κ2) is 7.54. The Kier molecular flexibility index (Phi) is 6.02. The number of rotatable bonds is 6. The van der Waals surface area contributed by atoms with E-state index in [1.54, 1.807) is 0 Å². The molecule has 0 radical (unpaired) electrons. The number of alkyl halides is 3. The van der Waals surface area contributed by atoms with E-state index in [1.807, 2.05) is 0 Å². The lowest BCUT2D eigenvalue weighted by Gasteiger charge is -2.16. The summed E-state index contributed by atoms with van der Waals surface area (Å²) in [6.45, 7) is -0.888. The molecule has 23 heavy (non-hydrogen) atoms. The van der Waals surface area contributed by atoms with Crippen molar-refractivity contribution < 1.29 is 37.2 Å². The van der Waals surface area contributed by atoms with Crippen LogP contribution in [0.1, 0.15) is 0 Å². The van der Waals surface area contributed by atoms with Gasteiger partial charge in [0.1, 0.15) is 18.4 Å². The number of nitro groups is 1. The zero-order valence-corrected chi connectivity index (χ0v) is 11.6. The lowest BCUT2D eigenvalue weighted by Crippen LogP contribution is -2.46. The van der Waals surface area contributed by atoms with Gasteiger partial charge in [-0.1, -0.05) is 0 Å². The molecule has 1 atom stereocenters. The number of carbonyl (C=O) groups is 2. The summed E-state index contributed by atoms with van der Waals surface area (Å²) < 4.78 is 45.8. The number of nitrogens with zero attached hydrogens (tertiary/aromatic N) is 1. The van der Waals surface area contributed by atoms with Crippen molar-refractivity contribution in [3.05, 3.63) is 34.4 Å². The summed E-state index contributed by atoms with van der Waals surface area (Å²) in [5.41, 5.74) is -0.239. The Morgan fingerprint density at radius 2 is 1.87 bits per heavy atom. The van der Waals surface area contributed by atoms with Crippen LogP contribution in [0.2, 0.25) is 0 Å². The monoisotopic (exact) mass is 336 g/mol. The number of hydrogen-bond acceptors (Lipinski definition) is 7. The molecule has 0 saturated heterocycles. The number of likely N-dealkylation sites (N-methyl/N-ethyl adjacent to an activating group) is 1. The Bertz CT molecular complexity index is 587. The molecule has 1 aromatic carbocycles. The molecule has 0 bridgehead atoms. The van der Waals surface area contributed by atoms with Gasteiger partial charge in [-0.15, -0.1) is 0 Å². The van der Waals surface area contributed by atoms with Crippen LogP contribution in [0.15, 0.2) is 24.3 Å². The van der Waals surface area contributed by atoms with Crippen molar-refractivity contribution in [2.75, 3.05) is 13.7 Å². The summed E-state index contributed by atoms with van der Waals surface area (Å²) >= 11 is 0. The highest BCUT2D eigenvalue weighted by Gasteiger charge is 2.43. The average molecular weight is 336 g/mol. The Balaban J connectivity index is 2.56. The SMILES string of the molecule is CNC(COC(=O)Oc1ccc([N+](=O)[O-])cc1)C(=O)C(F)(F)F. The smallest absolute Gasteiger partial charge is 0.432 e. The number of carbonyl (C=O) groups excluding carboxylic acids is 2.